The minimum atomic E-state index is -4.00. The van der Waals surface area contributed by atoms with Crippen LogP contribution in [0.1, 0.15) is 67.2 Å². The molecule has 3 fully saturated rings. The zero-order chi connectivity index (χ0) is 38.6. The molecular formula is C34H48FIN6O9S. The molecule has 52 heavy (non-hydrogen) atoms. The van der Waals surface area contributed by atoms with Gasteiger partial charge in [0, 0.05) is 39.9 Å². The van der Waals surface area contributed by atoms with Crippen molar-refractivity contribution in [2.75, 3.05) is 13.7 Å². The Kier molecular flexibility index (Phi) is 11.3. The SMILES string of the molecule is C#C[C@@H]1C[C@@]1(C(=O)NS(=O)(=O)C1CC1)N(N)C(=O)[C@@H]1C[C@@H](OC2=NI=CC3C=C(OC)C(F)=CC23)CN1C(O)[C@@H](NC(=O)OC(C)(C)C)C(C)(C)C. The average Bonchev–Trinajstić information content (AvgIpc) is 3.97. The maximum Gasteiger partial charge on any atom is 0.408 e. The monoisotopic (exact) mass is 862 g/mol. The minimum absolute atomic E-state index is 0.0600. The zero-order valence-electron chi connectivity index (χ0n) is 30.3. The van der Waals surface area contributed by atoms with Crippen molar-refractivity contribution in [3.63, 3.8) is 0 Å². The number of hydrazine groups is 1. The van der Waals surface area contributed by atoms with Gasteiger partial charge in [0.1, 0.15) is 17.9 Å². The predicted octanol–water partition coefficient (Wildman–Crippen LogP) is 2.14. The minimum Gasteiger partial charge on any atom is -0.494 e. The standard InChI is InChI=1S/C34H48FIN6O9S/c1-9-19-15-34(19,30(45)40-52(47,48)21-10-11-21)42(37)28(43)24-13-20(50-27-22-14-23(35)25(49-8)12-18(22)16-36-39-27)17-41(24)29(44)26(32(2,3)4)38-31(46)51-33(5,6)7/h1,12,14,16,18-22,24,26,29,44H,10-11,13,15,17,37H2,2-8H3,(H,38,46)(H,40,45)/t18?,19-,20-,22?,24+,26-,29?,34-/m1/s1. The van der Waals surface area contributed by atoms with E-state index in [-0.39, 0.29) is 37.0 Å². The van der Waals surface area contributed by atoms with Crippen LogP contribution in [0.25, 0.3) is 0 Å². The molecule has 2 heterocycles. The molecule has 2 aliphatic heterocycles. The largest absolute Gasteiger partial charge is 0.494 e. The number of rotatable bonds is 10. The molecular weight excluding hydrogens is 814 g/mol. The Bertz CT molecular complexity index is 1750. The molecule has 3 aliphatic carbocycles. The molecule has 0 radical (unpaired) electrons. The van der Waals surface area contributed by atoms with Crippen molar-refractivity contribution in [2.45, 2.75) is 108 Å². The van der Waals surface area contributed by atoms with Crippen molar-refractivity contribution in [1.82, 2.24) is 19.9 Å². The van der Waals surface area contributed by atoms with E-state index in [0.717, 1.165) is 0 Å². The van der Waals surface area contributed by atoms with Crippen LogP contribution < -0.4 is 15.9 Å². The number of nitrogens with two attached hydrogens (primary N) is 1. The summed E-state index contributed by atoms with van der Waals surface area (Å²) in [5.74, 6) is 5.22. The molecule has 3 amide bonds. The number of fused-ring (bicyclic) bond motifs is 1. The van der Waals surface area contributed by atoms with Crippen LogP contribution >= 0.6 is 21.0 Å². The molecule has 0 bridgehead atoms. The number of aliphatic hydroxyl groups is 1. The van der Waals surface area contributed by atoms with Crippen LogP contribution in [-0.2, 0) is 33.8 Å². The fraction of sp³-hybridized carbons (Fsp3) is 0.676. The molecule has 8 atom stereocenters. The van der Waals surface area contributed by atoms with E-state index in [1.165, 1.54) is 18.1 Å². The smallest absolute Gasteiger partial charge is 0.408 e. The lowest BCUT2D eigenvalue weighted by atomic mass is 9.85. The number of halogens is 2. The average molecular weight is 863 g/mol. The lowest BCUT2D eigenvalue weighted by Gasteiger charge is -2.41. The molecule has 15 nitrogen and oxygen atoms in total. The Morgan fingerprint density at radius 2 is 1.90 bits per heavy atom. The van der Waals surface area contributed by atoms with Crippen LogP contribution in [0.4, 0.5) is 9.18 Å². The third kappa shape index (κ3) is 8.32. The summed E-state index contributed by atoms with van der Waals surface area (Å²) in [5, 5.41) is 14.7. The highest BCUT2D eigenvalue weighted by molar-refractivity contribution is 14.2. The number of terminal acetylenes is 1. The first kappa shape index (κ1) is 40.1. The Morgan fingerprint density at radius 1 is 1.23 bits per heavy atom. The number of amides is 3. The maximum absolute atomic E-state index is 14.9. The van der Waals surface area contributed by atoms with Crippen LogP contribution in [-0.4, -0.2) is 106 Å². The summed E-state index contributed by atoms with van der Waals surface area (Å²) in [4.78, 5) is 42.4. The summed E-state index contributed by atoms with van der Waals surface area (Å²) in [6.07, 6.45) is 6.30. The number of sulfonamides is 1. The number of allylic oxidation sites excluding steroid dienone is 2. The van der Waals surface area contributed by atoms with Crippen molar-refractivity contribution in [1.29, 1.82) is 0 Å². The Labute approximate surface area is 314 Å². The lowest BCUT2D eigenvalue weighted by molar-refractivity contribution is -0.150. The Balaban J connectivity index is 1.45. The summed E-state index contributed by atoms with van der Waals surface area (Å²) in [5.41, 5.74) is -3.48. The number of aliphatic hydroxyl groups excluding tert-OH is 1. The topological polar surface area (TPSA) is 202 Å². The van der Waals surface area contributed by atoms with Gasteiger partial charge in [-0.15, -0.1) is 12.3 Å². The number of methoxy groups -OCH3 is 1. The second kappa shape index (κ2) is 14.6. The Hall–Kier alpha value is -3.12. The van der Waals surface area contributed by atoms with Gasteiger partial charge in [-0.05, 0) is 61.6 Å². The first-order valence-corrected chi connectivity index (χ1v) is 20.8. The van der Waals surface area contributed by atoms with Gasteiger partial charge < -0.3 is 24.6 Å². The number of carbonyl (C=O) groups is 3. The number of likely N-dealkylation sites (tertiary alicyclic amines) is 1. The molecule has 0 aromatic carbocycles. The fourth-order valence-electron chi connectivity index (χ4n) is 6.61. The zero-order valence-corrected chi connectivity index (χ0v) is 33.2. The molecule has 18 heteroatoms. The molecule has 0 spiro atoms. The van der Waals surface area contributed by atoms with E-state index in [1.54, 1.807) is 47.6 Å². The van der Waals surface area contributed by atoms with Crippen LogP contribution in [0.15, 0.2) is 26.9 Å². The van der Waals surface area contributed by atoms with E-state index < -0.39 is 113 Å². The van der Waals surface area contributed by atoms with E-state index in [1.807, 2.05) is 4.01 Å². The summed E-state index contributed by atoms with van der Waals surface area (Å²) in [6, 6.07) is -2.24. The van der Waals surface area contributed by atoms with E-state index in [9.17, 15) is 32.3 Å². The maximum atomic E-state index is 14.9. The van der Waals surface area contributed by atoms with E-state index >= 15 is 0 Å². The predicted molar refractivity (Wildman–Crippen MR) is 198 cm³/mol. The number of nitrogens with zero attached hydrogens (tertiary/aromatic N) is 3. The van der Waals surface area contributed by atoms with Crippen molar-refractivity contribution >= 4 is 58.8 Å². The first-order chi connectivity index (χ1) is 24.1. The summed E-state index contributed by atoms with van der Waals surface area (Å²) >= 11 is -0.821. The molecule has 3 unspecified atom stereocenters. The van der Waals surface area contributed by atoms with Crippen molar-refractivity contribution in [2.24, 2.45) is 32.2 Å². The lowest BCUT2D eigenvalue weighted by Crippen LogP contribution is -2.64. The van der Waals surface area contributed by atoms with E-state index in [0.29, 0.717) is 17.9 Å². The first-order valence-electron chi connectivity index (χ1n) is 17.0. The number of carbonyl (C=O) groups excluding carboxylic acids is 3. The van der Waals surface area contributed by atoms with Crippen molar-refractivity contribution < 1.29 is 46.5 Å². The quantitative estimate of drug-likeness (QED) is 0.0825. The second-order valence-corrected chi connectivity index (χ2v) is 19.5. The second-order valence-electron chi connectivity index (χ2n) is 15.8. The van der Waals surface area contributed by atoms with Crippen LogP contribution in [0.2, 0.25) is 0 Å². The third-order valence-electron chi connectivity index (χ3n) is 9.67. The van der Waals surface area contributed by atoms with Gasteiger partial charge in [-0.3, -0.25) is 24.2 Å². The summed E-state index contributed by atoms with van der Waals surface area (Å²) in [6.45, 7) is 10.4. The number of hydrogen-bond acceptors (Lipinski definition) is 12. The van der Waals surface area contributed by atoms with E-state index in [2.05, 4.69) is 19.2 Å². The molecule has 0 aromatic heterocycles. The van der Waals surface area contributed by atoms with Gasteiger partial charge in [0.25, 0.3) is 11.8 Å². The molecule has 5 aliphatic rings. The molecule has 5 rings (SSSR count). The van der Waals surface area contributed by atoms with E-state index in [4.69, 9.17) is 26.5 Å². The highest BCUT2D eigenvalue weighted by Gasteiger charge is 2.67. The number of hydrogen-bond donors (Lipinski definition) is 4. The number of alkyl carbamates (subject to hydrolysis) is 1. The molecule has 2 saturated carbocycles. The molecule has 5 N–H and O–H groups in total. The molecule has 288 valence electrons. The van der Waals surface area contributed by atoms with Crippen LogP contribution in [0.3, 0.4) is 0 Å². The van der Waals surface area contributed by atoms with Gasteiger partial charge in [0.2, 0.25) is 15.9 Å². The normalized spacial score (nSPS) is 30.1. The van der Waals surface area contributed by atoms with Gasteiger partial charge in [-0.1, -0.05) is 20.8 Å². The molecule has 1 saturated heterocycles. The number of ether oxygens (including phenoxy) is 3. The van der Waals surface area contributed by atoms with Crippen molar-refractivity contribution in [3.8, 4) is 12.3 Å². The number of nitrogens with one attached hydrogen (secondary N) is 2. The van der Waals surface area contributed by atoms with Crippen LogP contribution in [0.5, 0.6) is 0 Å². The fourth-order valence-corrected chi connectivity index (χ4v) is 9.87. The highest BCUT2D eigenvalue weighted by Crippen LogP contribution is 2.48. The highest BCUT2D eigenvalue weighted by atomic mass is 127. The van der Waals surface area contributed by atoms with Crippen LogP contribution in [0, 0.1) is 35.5 Å². The molecule has 0 aromatic rings. The van der Waals surface area contributed by atoms with Crippen molar-refractivity contribution in [3.05, 3.63) is 23.7 Å². The van der Waals surface area contributed by atoms with Gasteiger partial charge in [-0.2, -0.15) is 3.21 Å². The van der Waals surface area contributed by atoms with Gasteiger partial charge in [0.05, 0.1) is 36.3 Å². The summed E-state index contributed by atoms with van der Waals surface area (Å²) < 4.78 is 66.0. The third-order valence-corrected chi connectivity index (χ3v) is 13.4. The van der Waals surface area contributed by atoms with Gasteiger partial charge >= 0.3 is 6.09 Å². The van der Waals surface area contributed by atoms with Gasteiger partial charge in [0.15, 0.2) is 17.1 Å². The summed E-state index contributed by atoms with van der Waals surface area (Å²) in [7, 11) is -2.62. The Morgan fingerprint density at radius 3 is 2.46 bits per heavy atom. The van der Waals surface area contributed by atoms with Gasteiger partial charge in [-0.25, -0.2) is 23.4 Å².